The molecule has 5 heteroatoms. The maximum absolute atomic E-state index is 10.8. The third-order valence-electron chi connectivity index (χ3n) is 20.1. The molecule has 15 atom stereocenters. The second kappa shape index (κ2) is 16.0. The summed E-state index contributed by atoms with van der Waals surface area (Å²) >= 11 is 0. The van der Waals surface area contributed by atoms with Gasteiger partial charge in [0, 0.05) is 5.92 Å². The fourth-order valence-electron chi connectivity index (χ4n) is 18.0. The van der Waals surface area contributed by atoms with E-state index in [1.165, 1.54) is 173 Å². The summed E-state index contributed by atoms with van der Waals surface area (Å²) in [6, 6.07) is 3.03. The summed E-state index contributed by atoms with van der Waals surface area (Å²) in [4.78, 5) is 0. The van der Waals surface area contributed by atoms with E-state index in [4.69, 9.17) is 4.74 Å². The maximum Gasteiger partial charge on any atom is 0.0818 e. The number of fused-ring (bicyclic) bond motifs is 11. The number of hydrogen-bond acceptors (Lipinski definition) is 5. The lowest BCUT2D eigenvalue weighted by molar-refractivity contribution is -0.239. The molecule has 2 saturated heterocycles. The number of ether oxygens (including phenoxy) is 1. The third-order valence-corrected chi connectivity index (χ3v) is 20.1. The summed E-state index contributed by atoms with van der Waals surface area (Å²) < 4.78 is 7.25. The topological polar surface area (TPSA) is 69.1 Å². The molecule has 0 amide bonds. The molecule has 9 aliphatic carbocycles. The van der Waals surface area contributed by atoms with Crippen molar-refractivity contribution >= 4 is 0 Å². The van der Waals surface area contributed by atoms with Gasteiger partial charge in [0.2, 0.25) is 0 Å². The molecule has 3 N–H and O–H groups in total. The maximum atomic E-state index is 10.8. The lowest BCUT2D eigenvalue weighted by Gasteiger charge is -2.63. The van der Waals surface area contributed by atoms with Crippen molar-refractivity contribution in [3.63, 3.8) is 0 Å². The molecule has 2 aliphatic heterocycles. The van der Waals surface area contributed by atoms with Crippen molar-refractivity contribution in [2.45, 2.75) is 204 Å². The van der Waals surface area contributed by atoms with Crippen LogP contribution in [0, 0.1) is 93.7 Å². The van der Waals surface area contributed by atoms with Crippen LogP contribution in [0.1, 0.15) is 173 Å². The molecule has 1 spiro atoms. The molecular weight excluding hydrogens is 685 g/mol. The van der Waals surface area contributed by atoms with Crippen LogP contribution >= 0.6 is 0 Å². The number of nitrogens with one attached hydrogen (secondary N) is 3. The predicted molar refractivity (Wildman–Crippen MR) is 225 cm³/mol. The Kier molecular flexibility index (Phi) is 10.8. The Morgan fingerprint density at radius 1 is 0.571 bits per heavy atom. The number of rotatable bonds is 4. The minimum Gasteiger partial charge on any atom is -0.374 e. The van der Waals surface area contributed by atoms with E-state index in [-0.39, 0.29) is 0 Å². The van der Waals surface area contributed by atoms with Gasteiger partial charge in [-0.3, -0.25) is 16.0 Å². The Bertz CT molecular complexity index is 1460. The fourth-order valence-corrected chi connectivity index (χ4v) is 18.0. The van der Waals surface area contributed by atoms with Crippen molar-refractivity contribution in [1.29, 1.82) is 5.26 Å². The van der Waals surface area contributed by atoms with E-state index in [0.717, 1.165) is 65.1 Å². The first-order valence-corrected chi connectivity index (χ1v) is 25.4. The quantitative estimate of drug-likeness (QED) is 0.249. The molecule has 11 rings (SSSR count). The zero-order chi connectivity index (χ0) is 37.2. The molecule has 0 bridgehead atoms. The molecule has 11 aliphatic rings. The van der Waals surface area contributed by atoms with Gasteiger partial charge in [-0.05, 0) is 198 Å². The van der Waals surface area contributed by atoms with Crippen molar-refractivity contribution in [2.75, 3.05) is 0 Å². The van der Waals surface area contributed by atoms with E-state index in [1.807, 2.05) is 0 Å². The first-order chi connectivity index (χ1) is 27.7. The van der Waals surface area contributed by atoms with Crippen LogP contribution in [0.15, 0.2) is 23.8 Å². The Balaban J connectivity index is 0.859. The number of hydrogen-bond donors (Lipinski definition) is 3. The highest BCUT2D eigenvalue weighted by atomic mass is 16.5. The van der Waals surface area contributed by atoms with Crippen molar-refractivity contribution < 1.29 is 4.74 Å². The normalized spacial score (nSPS) is 52.1. The minimum absolute atomic E-state index is 0.296. The summed E-state index contributed by atoms with van der Waals surface area (Å²) in [7, 11) is 0. The average molecular weight is 763 g/mol. The van der Waals surface area contributed by atoms with Crippen LogP contribution in [0.4, 0.5) is 0 Å². The second-order valence-electron chi connectivity index (χ2n) is 22.2. The molecule has 0 aromatic heterocycles. The largest absolute Gasteiger partial charge is 0.374 e. The van der Waals surface area contributed by atoms with Gasteiger partial charge in [0.15, 0.2) is 0 Å². The van der Waals surface area contributed by atoms with Crippen LogP contribution in [0.2, 0.25) is 0 Å². The highest BCUT2D eigenvalue weighted by Gasteiger charge is 2.72. The van der Waals surface area contributed by atoms with Crippen LogP contribution in [0.5, 0.6) is 0 Å². The van der Waals surface area contributed by atoms with E-state index in [0.29, 0.717) is 48.0 Å². The highest BCUT2D eigenvalue weighted by Crippen LogP contribution is 2.75. The van der Waals surface area contributed by atoms with E-state index < -0.39 is 0 Å². The van der Waals surface area contributed by atoms with Crippen molar-refractivity contribution in [2.24, 2.45) is 82.3 Å². The standard InChI is InChI=1S/C51H78N4O/c52-31-37-30-44-47(39-18-8-7-17-38(37)39)40-29-36(27-28-41(40)51(44)42-19-9-11-21-45(42)56-46-22-12-10-20-43(46)51)32-23-25-35(26-24-32)50-54-48(33-13-3-1-4-14-33)53-49(55-50)34-15-5-2-6-16-34/h13,27-28,32,34-50,53-55H,1-12,14-26,29-30H2. The monoisotopic (exact) mass is 763 g/mol. The summed E-state index contributed by atoms with van der Waals surface area (Å²) in [5.74, 6) is 9.54. The van der Waals surface area contributed by atoms with Gasteiger partial charge in [-0.25, -0.2) is 0 Å². The molecule has 0 aromatic carbocycles. The smallest absolute Gasteiger partial charge is 0.0818 e. The predicted octanol–water partition coefficient (Wildman–Crippen LogP) is 11.2. The summed E-state index contributed by atoms with van der Waals surface area (Å²) in [6.45, 7) is 0. The molecule has 56 heavy (non-hydrogen) atoms. The first-order valence-electron chi connectivity index (χ1n) is 25.4. The fraction of sp³-hybridized carbons (Fsp3) is 0.902. The molecule has 15 unspecified atom stereocenters. The van der Waals surface area contributed by atoms with Gasteiger partial charge < -0.3 is 4.74 Å². The Morgan fingerprint density at radius 2 is 1.21 bits per heavy atom. The molecular formula is C51H78N4O. The number of allylic oxidation sites excluding steroid dienone is 3. The molecule has 308 valence electrons. The van der Waals surface area contributed by atoms with Crippen LogP contribution in [-0.4, -0.2) is 30.7 Å². The van der Waals surface area contributed by atoms with E-state index in [9.17, 15) is 5.26 Å². The molecule has 0 aromatic rings. The Morgan fingerprint density at radius 3 is 1.91 bits per heavy atom. The number of nitriles is 1. The third kappa shape index (κ3) is 6.40. The molecule has 7 saturated carbocycles. The van der Waals surface area contributed by atoms with Crippen LogP contribution < -0.4 is 16.0 Å². The van der Waals surface area contributed by atoms with Gasteiger partial charge in [-0.2, -0.15) is 5.26 Å². The van der Waals surface area contributed by atoms with Gasteiger partial charge in [0.1, 0.15) is 0 Å². The van der Waals surface area contributed by atoms with Gasteiger partial charge in [-0.15, -0.1) is 0 Å². The highest BCUT2D eigenvalue weighted by molar-refractivity contribution is 5.26. The molecule has 0 radical (unpaired) electrons. The Labute approximate surface area is 341 Å². The van der Waals surface area contributed by atoms with Crippen LogP contribution in [-0.2, 0) is 4.74 Å². The van der Waals surface area contributed by atoms with Gasteiger partial charge in [0.05, 0.1) is 36.8 Å². The number of nitrogens with zero attached hydrogens (tertiary/aromatic N) is 1. The first kappa shape index (κ1) is 37.8. The van der Waals surface area contributed by atoms with Crippen molar-refractivity contribution in [1.82, 2.24) is 16.0 Å². The van der Waals surface area contributed by atoms with Gasteiger partial charge in [-0.1, -0.05) is 76.0 Å². The summed E-state index contributed by atoms with van der Waals surface area (Å²) in [6.07, 6.45) is 47.7. The molecule has 2 heterocycles. The SMILES string of the molecule is N#CC1CC2C(C3CCCCC13)C1CC(C3CCC(C4NC(C5=CCCCC5)NC(C5CCCCC5)N4)CC3)C=CC1C21C2CCCCC2OC2CCCCC21. The lowest BCUT2D eigenvalue weighted by atomic mass is 9.45. The minimum atomic E-state index is 0.296. The summed E-state index contributed by atoms with van der Waals surface area (Å²) in [5, 5.41) is 23.4. The second-order valence-corrected chi connectivity index (χ2v) is 22.2. The van der Waals surface area contributed by atoms with E-state index in [1.54, 1.807) is 5.57 Å². The van der Waals surface area contributed by atoms with E-state index >= 15 is 0 Å². The zero-order valence-electron chi connectivity index (χ0n) is 35.1. The lowest BCUT2D eigenvalue weighted by Crippen LogP contribution is -2.71. The van der Waals surface area contributed by atoms with Crippen LogP contribution in [0.25, 0.3) is 0 Å². The molecule has 9 fully saturated rings. The van der Waals surface area contributed by atoms with Gasteiger partial charge >= 0.3 is 0 Å². The Hall–Kier alpha value is -1.19. The van der Waals surface area contributed by atoms with Gasteiger partial charge in [0.25, 0.3) is 0 Å². The van der Waals surface area contributed by atoms with Crippen molar-refractivity contribution in [3.05, 3.63) is 23.8 Å². The van der Waals surface area contributed by atoms with Crippen molar-refractivity contribution in [3.8, 4) is 6.07 Å². The molecule has 5 nitrogen and oxygen atoms in total. The average Bonchev–Trinajstić information content (AvgIpc) is 3.56. The summed E-state index contributed by atoms with van der Waals surface area (Å²) in [5.41, 5.74) is 2.03. The van der Waals surface area contributed by atoms with E-state index in [2.05, 4.69) is 40.2 Å². The zero-order valence-corrected chi connectivity index (χ0v) is 35.1. The van der Waals surface area contributed by atoms with Crippen LogP contribution in [0.3, 0.4) is 0 Å².